The highest BCUT2D eigenvalue weighted by molar-refractivity contribution is 7.17. The zero-order chi connectivity index (χ0) is 13.5. The molecule has 0 aliphatic heterocycles. The maximum Gasteiger partial charge on any atom is 0.573 e. The van der Waals surface area contributed by atoms with Gasteiger partial charge in [0.1, 0.15) is 5.75 Å². The minimum atomic E-state index is -4.66. The van der Waals surface area contributed by atoms with E-state index in [1.54, 1.807) is 23.5 Å². The molecule has 0 spiro atoms. The summed E-state index contributed by atoms with van der Waals surface area (Å²) in [5, 5.41) is 3.11. The van der Waals surface area contributed by atoms with Gasteiger partial charge in [-0.05, 0) is 35.7 Å². The molecule has 0 N–H and O–H groups in total. The van der Waals surface area contributed by atoms with Crippen molar-refractivity contribution in [3.8, 4) is 11.4 Å². The highest BCUT2D eigenvalue weighted by Crippen LogP contribution is 2.26. The van der Waals surface area contributed by atoms with Gasteiger partial charge in [0.05, 0.1) is 4.70 Å². The quantitative estimate of drug-likeness (QED) is 0.671. The molecule has 98 valence electrons. The standard InChI is InChI=1S/C13H8F3NOS/c14-13(15,16)18-11-3-1-10(2-4-11)17-7-9-5-6-19-12(9)8-17/h1-8H. The maximum atomic E-state index is 12.0. The Balaban J connectivity index is 1.88. The Kier molecular flexibility index (Phi) is 2.74. The Morgan fingerprint density at radius 1 is 1.00 bits per heavy atom. The van der Waals surface area contributed by atoms with Gasteiger partial charge < -0.3 is 9.30 Å². The van der Waals surface area contributed by atoms with E-state index in [4.69, 9.17) is 0 Å². The second-order valence-electron chi connectivity index (χ2n) is 3.95. The van der Waals surface area contributed by atoms with Crippen molar-refractivity contribution in [2.45, 2.75) is 6.36 Å². The summed E-state index contributed by atoms with van der Waals surface area (Å²) in [5.74, 6) is -0.217. The molecule has 2 aromatic heterocycles. The maximum absolute atomic E-state index is 12.0. The molecule has 3 rings (SSSR count). The lowest BCUT2D eigenvalue weighted by Gasteiger charge is -2.09. The second-order valence-corrected chi connectivity index (χ2v) is 4.90. The van der Waals surface area contributed by atoms with Crippen molar-refractivity contribution >= 4 is 21.4 Å². The molecule has 1 aromatic carbocycles. The summed E-state index contributed by atoms with van der Waals surface area (Å²) in [5.41, 5.74) is 0.790. The van der Waals surface area contributed by atoms with Crippen LogP contribution in [0.4, 0.5) is 13.2 Å². The highest BCUT2D eigenvalue weighted by atomic mass is 32.1. The van der Waals surface area contributed by atoms with Crippen molar-refractivity contribution in [2.75, 3.05) is 0 Å². The van der Waals surface area contributed by atoms with Crippen LogP contribution < -0.4 is 4.74 Å². The number of rotatable bonds is 2. The van der Waals surface area contributed by atoms with Crippen LogP contribution in [0, 0.1) is 0 Å². The van der Waals surface area contributed by atoms with Crippen LogP contribution in [-0.4, -0.2) is 10.9 Å². The Bertz CT molecular complexity index is 668. The number of halogens is 3. The summed E-state index contributed by atoms with van der Waals surface area (Å²) < 4.78 is 42.9. The first-order chi connectivity index (χ1) is 9.01. The molecule has 3 aromatic rings. The molecule has 0 fully saturated rings. The van der Waals surface area contributed by atoms with Crippen LogP contribution in [0.3, 0.4) is 0 Å². The van der Waals surface area contributed by atoms with E-state index in [0.29, 0.717) is 0 Å². The lowest BCUT2D eigenvalue weighted by atomic mass is 10.3. The molecule has 0 aliphatic carbocycles. The van der Waals surface area contributed by atoms with Gasteiger partial charge in [0.25, 0.3) is 0 Å². The first-order valence-corrected chi connectivity index (χ1v) is 6.31. The number of ether oxygens (including phenoxy) is 1. The van der Waals surface area contributed by atoms with Crippen molar-refractivity contribution in [3.63, 3.8) is 0 Å². The third-order valence-corrected chi connectivity index (χ3v) is 3.50. The number of hydrogen-bond acceptors (Lipinski definition) is 2. The predicted octanol–water partition coefficient (Wildman–Crippen LogP) is 4.59. The minimum Gasteiger partial charge on any atom is -0.406 e. The molecule has 0 radical (unpaired) electrons. The zero-order valence-electron chi connectivity index (χ0n) is 9.52. The first kappa shape index (κ1) is 12.1. The Labute approximate surface area is 110 Å². The average molecular weight is 283 g/mol. The summed E-state index contributed by atoms with van der Waals surface area (Å²) in [6.07, 6.45) is -0.775. The zero-order valence-corrected chi connectivity index (χ0v) is 10.3. The van der Waals surface area contributed by atoms with Crippen LogP contribution >= 0.6 is 11.3 Å². The van der Waals surface area contributed by atoms with Crippen molar-refractivity contribution in [3.05, 3.63) is 48.1 Å². The lowest BCUT2D eigenvalue weighted by molar-refractivity contribution is -0.274. The smallest absolute Gasteiger partial charge is 0.406 e. The van der Waals surface area contributed by atoms with E-state index in [-0.39, 0.29) is 5.75 Å². The predicted molar refractivity (Wildman–Crippen MR) is 67.8 cm³/mol. The van der Waals surface area contributed by atoms with Crippen LogP contribution in [-0.2, 0) is 0 Å². The molecule has 0 aliphatic rings. The fourth-order valence-corrected chi connectivity index (χ4v) is 2.62. The minimum absolute atomic E-state index is 0.217. The molecule has 2 heterocycles. The van der Waals surface area contributed by atoms with Gasteiger partial charge in [-0.2, -0.15) is 0 Å². The fraction of sp³-hybridized carbons (Fsp3) is 0.0769. The summed E-state index contributed by atoms with van der Waals surface area (Å²) in [7, 11) is 0. The van der Waals surface area contributed by atoms with E-state index >= 15 is 0 Å². The van der Waals surface area contributed by atoms with Crippen molar-refractivity contribution in [2.24, 2.45) is 0 Å². The summed E-state index contributed by atoms with van der Waals surface area (Å²) in [6.45, 7) is 0. The summed E-state index contributed by atoms with van der Waals surface area (Å²) in [6, 6.07) is 7.78. The van der Waals surface area contributed by atoms with Gasteiger partial charge in [-0.1, -0.05) is 0 Å². The number of hydrogen-bond donors (Lipinski definition) is 0. The van der Waals surface area contributed by atoms with Crippen LogP contribution in [0.2, 0.25) is 0 Å². The highest BCUT2D eigenvalue weighted by Gasteiger charge is 2.30. The number of fused-ring (bicyclic) bond motifs is 1. The normalized spacial score (nSPS) is 11.9. The Hall–Kier alpha value is -1.95. The summed E-state index contributed by atoms with van der Waals surface area (Å²) >= 11 is 1.62. The first-order valence-electron chi connectivity index (χ1n) is 5.43. The Morgan fingerprint density at radius 2 is 1.74 bits per heavy atom. The van der Waals surface area contributed by atoms with Gasteiger partial charge in [-0.15, -0.1) is 24.5 Å². The van der Waals surface area contributed by atoms with Gasteiger partial charge >= 0.3 is 6.36 Å². The van der Waals surface area contributed by atoms with E-state index < -0.39 is 6.36 Å². The van der Waals surface area contributed by atoms with Crippen LogP contribution in [0.5, 0.6) is 5.75 Å². The van der Waals surface area contributed by atoms with Crippen LogP contribution in [0.1, 0.15) is 0 Å². The van der Waals surface area contributed by atoms with E-state index in [2.05, 4.69) is 4.74 Å². The van der Waals surface area contributed by atoms with Crippen molar-refractivity contribution in [1.82, 2.24) is 4.57 Å². The van der Waals surface area contributed by atoms with E-state index in [1.807, 2.05) is 28.4 Å². The third-order valence-electron chi connectivity index (χ3n) is 2.63. The number of nitrogens with zero attached hydrogens (tertiary/aromatic N) is 1. The molecule has 0 saturated heterocycles. The van der Waals surface area contributed by atoms with Crippen molar-refractivity contribution < 1.29 is 17.9 Å². The largest absolute Gasteiger partial charge is 0.573 e. The molecular weight excluding hydrogens is 275 g/mol. The molecule has 0 amide bonds. The Morgan fingerprint density at radius 3 is 2.37 bits per heavy atom. The number of thiophene rings is 1. The van der Waals surface area contributed by atoms with E-state index in [9.17, 15) is 13.2 Å². The molecule has 2 nitrogen and oxygen atoms in total. The van der Waals surface area contributed by atoms with Gasteiger partial charge in [0.15, 0.2) is 0 Å². The molecule has 19 heavy (non-hydrogen) atoms. The molecule has 0 bridgehead atoms. The van der Waals surface area contributed by atoms with Gasteiger partial charge in [0, 0.05) is 23.5 Å². The topological polar surface area (TPSA) is 14.2 Å². The average Bonchev–Trinajstić information content (AvgIpc) is 2.87. The van der Waals surface area contributed by atoms with E-state index in [0.717, 1.165) is 15.8 Å². The van der Waals surface area contributed by atoms with Gasteiger partial charge in [0.2, 0.25) is 0 Å². The van der Waals surface area contributed by atoms with Gasteiger partial charge in [-0.3, -0.25) is 0 Å². The van der Waals surface area contributed by atoms with Crippen LogP contribution in [0.25, 0.3) is 15.8 Å². The molecule has 0 saturated carbocycles. The van der Waals surface area contributed by atoms with Crippen molar-refractivity contribution in [1.29, 1.82) is 0 Å². The molecule has 0 atom stereocenters. The SMILES string of the molecule is FC(F)(F)Oc1ccc(-n2cc3ccsc3c2)cc1. The lowest BCUT2D eigenvalue weighted by Crippen LogP contribution is -2.17. The molecule has 0 unspecified atom stereocenters. The number of benzene rings is 1. The molecule has 6 heteroatoms. The summed E-state index contributed by atoms with van der Waals surface area (Å²) in [4.78, 5) is 0. The van der Waals surface area contributed by atoms with Crippen LogP contribution in [0.15, 0.2) is 48.1 Å². The fourth-order valence-electron chi connectivity index (χ4n) is 1.82. The third kappa shape index (κ3) is 2.58. The second kappa shape index (κ2) is 4.31. The van der Waals surface area contributed by atoms with Gasteiger partial charge in [-0.25, -0.2) is 0 Å². The van der Waals surface area contributed by atoms with E-state index in [1.165, 1.54) is 12.1 Å². The monoisotopic (exact) mass is 283 g/mol. The number of alkyl halides is 3. The number of aromatic nitrogens is 1. The molecular formula is C13H8F3NOS.